The number of ketones is 2. The molecule has 0 saturated heterocycles. The van der Waals surface area contributed by atoms with Crippen LogP contribution in [-0.2, 0) is 9.59 Å². The molecule has 6 unspecified atom stereocenters. The van der Waals surface area contributed by atoms with E-state index in [1.807, 2.05) is 31.2 Å². The van der Waals surface area contributed by atoms with Gasteiger partial charge in [0.1, 0.15) is 5.60 Å². The Hall–Kier alpha value is -2.21. The molecule has 5 heteroatoms. The highest BCUT2D eigenvalue weighted by molar-refractivity contribution is 8.00. The van der Waals surface area contributed by atoms with Gasteiger partial charge in [-0.15, -0.1) is 11.8 Å². The molecule has 0 aliphatic heterocycles. The van der Waals surface area contributed by atoms with E-state index < -0.39 is 17.1 Å². The van der Waals surface area contributed by atoms with Gasteiger partial charge in [0, 0.05) is 21.6 Å². The van der Waals surface area contributed by atoms with Crippen molar-refractivity contribution in [2.75, 3.05) is 5.75 Å². The van der Waals surface area contributed by atoms with Crippen LogP contribution in [0.4, 0.5) is 0 Å². The number of thioether (sulfide) groups is 1. The Bertz CT molecular complexity index is 1310. The van der Waals surface area contributed by atoms with Crippen LogP contribution in [-0.4, -0.2) is 39.2 Å². The van der Waals surface area contributed by atoms with E-state index in [-0.39, 0.29) is 40.5 Å². The molecule has 3 fully saturated rings. The highest BCUT2D eigenvalue weighted by Gasteiger charge is 2.67. The number of fused-ring (bicyclic) bond motifs is 6. The Balaban J connectivity index is 1.24. The first kappa shape index (κ1) is 24.1. The number of allylic oxidation sites excluding steroid dienone is 4. The van der Waals surface area contributed by atoms with Gasteiger partial charge in [0.25, 0.3) is 0 Å². The molecule has 36 heavy (non-hydrogen) atoms. The molecule has 3 saturated carbocycles. The van der Waals surface area contributed by atoms with Crippen molar-refractivity contribution in [3.8, 4) is 0 Å². The molecule has 7 atom stereocenters. The van der Waals surface area contributed by atoms with Crippen molar-refractivity contribution in [1.82, 2.24) is 0 Å². The van der Waals surface area contributed by atoms with E-state index in [1.165, 1.54) is 17.1 Å². The van der Waals surface area contributed by atoms with Crippen molar-refractivity contribution < 1.29 is 19.8 Å². The minimum absolute atomic E-state index is 0.00403. The number of Topliss-reactive ketones (excluding diaryl/α,β-unsaturated/α-hetero) is 1. The Morgan fingerprint density at radius 1 is 1.11 bits per heavy atom. The summed E-state index contributed by atoms with van der Waals surface area (Å²) in [5.74, 6) is 0.521. The van der Waals surface area contributed by atoms with E-state index in [4.69, 9.17) is 0 Å². The minimum atomic E-state index is -1.43. The highest BCUT2D eigenvalue weighted by Crippen LogP contribution is 2.67. The summed E-state index contributed by atoms with van der Waals surface area (Å²) < 4.78 is 0. The lowest BCUT2D eigenvalue weighted by atomic mass is 9.46. The quantitative estimate of drug-likeness (QED) is 0.539. The van der Waals surface area contributed by atoms with Crippen LogP contribution in [0.25, 0.3) is 10.8 Å². The Morgan fingerprint density at radius 3 is 2.69 bits per heavy atom. The van der Waals surface area contributed by atoms with Crippen LogP contribution in [0.3, 0.4) is 0 Å². The molecule has 0 spiro atoms. The fraction of sp³-hybridized carbons (Fsp3) is 0.484. The number of carbonyl (C=O) groups is 2. The summed E-state index contributed by atoms with van der Waals surface area (Å²) in [6.07, 6.45) is 8.15. The van der Waals surface area contributed by atoms with Crippen LogP contribution in [0.5, 0.6) is 0 Å². The first-order valence-electron chi connectivity index (χ1n) is 13.2. The molecule has 6 rings (SSSR count). The highest BCUT2D eigenvalue weighted by atomic mass is 32.2. The third-order valence-electron chi connectivity index (χ3n) is 10.2. The number of carbonyl (C=O) groups excluding carboxylic acids is 2. The van der Waals surface area contributed by atoms with Crippen molar-refractivity contribution >= 4 is 34.1 Å². The first-order chi connectivity index (χ1) is 17.2. The van der Waals surface area contributed by atoms with Crippen LogP contribution < -0.4 is 0 Å². The van der Waals surface area contributed by atoms with Gasteiger partial charge in [0.15, 0.2) is 11.6 Å². The summed E-state index contributed by atoms with van der Waals surface area (Å²) in [5.41, 5.74) is -1.30. The maximum absolute atomic E-state index is 13.6. The Kier molecular flexibility index (Phi) is 5.64. The average molecular weight is 503 g/mol. The summed E-state index contributed by atoms with van der Waals surface area (Å²) in [6.45, 7) is 4.19. The first-order valence-corrected chi connectivity index (χ1v) is 14.1. The van der Waals surface area contributed by atoms with Gasteiger partial charge in [0.2, 0.25) is 0 Å². The van der Waals surface area contributed by atoms with E-state index in [1.54, 1.807) is 12.2 Å². The van der Waals surface area contributed by atoms with E-state index >= 15 is 0 Å². The Labute approximate surface area is 216 Å². The maximum atomic E-state index is 13.6. The predicted octanol–water partition coefficient (Wildman–Crippen LogP) is 5.51. The summed E-state index contributed by atoms with van der Waals surface area (Å²) in [6, 6.07) is 14.4. The average Bonchev–Trinajstić information content (AvgIpc) is 3.13. The molecule has 0 amide bonds. The molecule has 188 valence electrons. The van der Waals surface area contributed by atoms with Crippen molar-refractivity contribution in [2.45, 2.75) is 62.6 Å². The van der Waals surface area contributed by atoms with E-state index in [0.29, 0.717) is 12.8 Å². The normalized spacial score (nSPS) is 39.3. The third-order valence-corrected chi connectivity index (χ3v) is 11.2. The third kappa shape index (κ3) is 3.43. The van der Waals surface area contributed by atoms with Gasteiger partial charge in [-0.3, -0.25) is 9.59 Å². The Morgan fingerprint density at radius 2 is 1.89 bits per heavy atom. The van der Waals surface area contributed by atoms with Crippen LogP contribution in [0.1, 0.15) is 46.0 Å². The van der Waals surface area contributed by atoms with Crippen LogP contribution in [0.2, 0.25) is 0 Å². The molecule has 0 aromatic heterocycles. The smallest absolute Gasteiger partial charge is 0.178 e. The zero-order chi connectivity index (χ0) is 25.3. The van der Waals surface area contributed by atoms with Crippen LogP contribution >= 0.6 is 11.8 Å². The van der Waals surface area contributed by atoms with Gasteiger partial charge in [-0.1, -0.05) is 55.8 Å². The van der Waals surface area contributed by atoms with Gasteiger partial charge >= 0.3 is 0 Å². The van der Waals surface area contributed by atoms with Crippen LogP contribution in [0, 0.1) is 28.6 Å². The van der Waals surface area contributed by atoms with Crippen molar-refractivity contribution in [3.05, 3.63) is 66.3 Å². The van der Waals surface area contributed by atoms with E-state index in [9.17, 15) is 19.8 Å². The largest absolute Gasteiger partial charge is 0.393 e. The van der Waals surface area contributed by atoms with E-state index in [2.05, 4.69) is 31.2 Å². The zero-order valence-corrected chi connectivity index (χ0v) is 21.8. The van der Waals surface area contributed by atoms with E-state index in [0.717, 1.165) is 35.1 Å². The number of hydrogen-bond donors (Lipinski definition) is 2. The van der Waals surface area contributed by atoms with Gasteiger partial charge in [0.05, 0.1) is 11.9 Å². The number of aliphatic hydroxyl groups is 2. The molecule has 4 nitrogen and oxygen atoms in total. The molecule has 2 aromatic carbocycles. The lowest BCUT2D eigenvalue weighted by Gasteiger charge is -2.59. The molecule has 0 radical (unpaired) electrons. The topological polar surface area (TPSA) is 74.6 Å². The summed E-state index contributed by atoms with van der Waals surface area (Å²) in [4.78, 5) is 26.7. The van der Waals surface area contributed by atoms with Gasteiger partial charge in [-0.2, -0.15) is 0 Å². The maximum Gasteiger partial charge on any atom is 0.178 e. The van der Waals surface area contributed by atoms with Gasteiger partial charge in [-0.05, 0) is 79.0 Å². The second-order valence-corrected chi connectivity index (χ2v) is 12.9. The standard InChI is InChI=1S/C31H34O4S/c1-29-13-11-22(32)16-21(29)8-10-24-25-12-14-31(35,30(25,2)17-26(33)28(24)29)27(34)18-36-23-9-7-19-5-3-4-6-20(19)15-23/h3-7,9,11,13,15-16,24-26,28,33,35H,8,10,12,14,17-18H2,1-2H3/t24?,25?,26?,28?,29?,30?,31-/m0/s1. The SMILES string of the molecule is CC12C=CC(=O)C=C1CCC1C2C(O)CC2(C)C1CC[C@]2(O)C(=O)CSc1ccc2ccccc2c1. The zero-order valence-electron chi connectivity index (χ0n) is 20.9. The van der Waals surface area contributed by atoms with Crippen molar-refractivity contribution in [2.24, 2.45) is 28.6 Å². The molecule has 2 aromatic rings. The fourth-order valence-electron chi connectivity index (χ4n) is 8.31. The number of aliphatic hydroxyl groups excluding tert-OH is 1. The molecule has 2 N–H and O–H groups in total. The van der Waals surface area contributed by atoms with Gasteiger partial charge < -0.3 is 10.2 Å². The second-order valence-electron chi connectivity index (χ2n) is 11.8. The molecule has 0 heterocycles. The molecule has 0 bridgehead atoms. The lowest BCUT2D eigenvalue weighted by molar-refractivity contribution is -0.174. The summed E-state index contributed by atoms with van der Waals surface area (Å²) >= 11 is 1.48. The predicted molar refractivity (Wildman–Crippen MR) is 143 cm³/mol. The summed E-state index contributed by atoms with van der Waals surface area (Å²) in [5, 5.41) is 25.8. The van der Waals surface area contributed by atoms with Gasteiger partial charge in [-0.25, -0.2) is 0 Å². The molecular formula is C31H34O4S. The monoisotopic (exact) mass is 502 g/mol. The van der Waals surface area contributed by atoms with Crippen LogP contribution in [0.15, 0.2) is 71.2 Å². The fourth-order valence-corrected chi connectivity index (χ4v) is 9.23. The number of benzene rings is 2. The number of hydrogen-bond acceptors (Lipinski definition) is 5. The van der Waals surface area contributed by atoms with Crippen molar-refractivity contribution in [1.29, 1.82) is 0 Å². The minimum Gasteiger partial charge on any atom is -0.393 e. The summed E-state index contributed by atoms with van der Waals surface area (Å²) in [7, 11) is 0. The van der Waals surface area contributed by atoms with Crippen molar-refractivity contribution in [3.63, 3.8) is 0 Å². The lowest BCUT2D eigenvalue weighted by Crippen LogP contribution is -2.61. The molecule has 4 aliphatic rings. The second kappa shape index (κ2) is 8.41. The molecule has 4 aliphatic carbocycles. The number of rotatable bonds is 4. The molecular weight excluding hydrogens is 468 g/mol.